The highest BCUT2D eigenvalue weighted by molar-refractivity contribution is 7.98. The molecule has 0 unspecified atom stereocenters. The number of carbonyl (C=O) groups is 2. The molecule has 0 aliphatic rings. The van der Waals surface area contributed by atoms with Crippen LogP contribution in [-0.2, 0) is 9.59 Å². The average molecular weight is 253 g/mol. The smallest absolute Gasteiger partial charge is 0.303 e. The standard InChI is InChI=1S/C12H15NO3S/c1-17-10-5-2-4-9(8-10)13-11(14)6-3-7-12(15)16/h2,4-5,8H,3,6-7H2,1H3,(H,13,14)(H,15,16). The molecular weight excluding hydrogens is 238 g/mol. The predicted octanol–water partition coefficient (Wildman–Crippen LogP) is 2.60. The Morgan fingerprint density at radius 2 is 2.12 bits per heavy atom. The van der Waals surface area contributed by atoms with Gasteiger partial charge < -0.3 is 10.4 Å². The minimum Gasteiger partial charge on any atom is -0.481 e. The van der Waals surface area contributed by atoms with Gasteiger partial charge in [0.05, 0.1) is 0 Å². The van der Waals surface area contributed by atoms with E-state index < -0.39 is 5.97 Å². The molecule has 1 aromatic carbocycles. The maximum absolute atomic E-state index is 11.5. The molecule has 2 N–H and O–H groups in total. The number of benzene rings is 1. The molecule has 1 aromatic rings. The van der Waals surface area contributed by atoms with E-state index in [0.717, 1.165) is 10.6 Å². The van der Waals surface area contributed by atoms with E-state index in [1.54, 1.807) is 11.8 Å². The predicted molar refractivity (Wildman–Crippen MR) is 68.3 cm³/mol. The quantitative estimate of drug-likeness (QED) is 0.765. The second kappa shape index (κ2) is 6.96. The summed E-state index contributed by atoms with van der Waals surface area (Å²) in [4.78, 5) is 22.8. The van der Waals surface area contributed by atoms with Crippen LogP contribution in [0.4, 0.5) is 5.69 Å². The van der Waals surface area contributed by atoms with E-state index in [9.17, 15) is 9.59 Å². The molecule has 0 aliphatic carbocycles. The first-order chi connectivity index (χ1) is 8.11. The molecule has 0 aliphatic heterocycles. The molecule has 0 saturated heterocycles. The molecular formula is C12H15NO3S. The van der Waals surface area contributed by atoms with Gasteiger partial charge in [-0.25, -0.2) is 0 Å². The Labute approximate surface area is 104 Å². The third-order valence-corrected chi connectivity index (χ3v) is 2.87. The first kappa shape index (κ1) is 13.6. The van der Waals surface area contributed by atoms with Gasteiger partial charge in [-0.05, 0) is 30.9 Å². The van der Waals surface area contributed by atoms with E-state index in [0.29, 0.717) is 6.42 Å². The average Bonchev–Trinajstić information content (AvgIpc) is 2.28. The van der Waals surface area contributed by atoms with E-state index >= 15 is 0 Å². The molecule has 92 valence electrons. The fourth-order valence-electron chi connectivity index (χ4n) is 1.32. The molecule has 0 fully saturated rings. The maximum atomic E-state index is 11.5. The summed E-state index contributed by atoms with van der Waals surface area (Å²) in [5.41, 5.74) is 0.747. The number of nitrogens with one attached hydrogen (secondary N) is 1. The van der Waals surface area contributed by atoms with Crippen molar-refractivity contribution in [3.8, 4) is 0 Å². The monoisotopic (exact) mass is 253 g/mol. The van der Waals surface area contributed by atoms with Gasteiger partial charge in [-0.1, -0.05) is 6.07 Å². The van der Waals surface area contributed by atoms with Crippen LogP contribution in [0.2, 0.25) is 0 Å². The summed E-state index contributed by atoms with van der Waals surface area (Å²) in [5, 5.41) is 11.2. The lowest BCUT2D eigenvalue weighted by Gasteiger charge is -2.05. The largest absolute Gasteiger partial charge is 0.481 e. The molecule has 1 rings (SSSR count). The van der Waals surface area contributed by atoms with Crippen LogP contribution in [-0.4, -0.2) is 23.2 Å². The zero-order valence-electron chi connectivity index (χ0n) is 9.60. The van der Waals surface area contributed by atoms with Gasteiger partial charge in [0.2, 0.25) is 5.91 Å². The summed E-state index contributed by atoms with van der Waals surface area (Å²) in [6.07, 6.45) is 2.59. The Bertz CT molecular complexity index is 406. The summed E-state index contributed by atoms with van der Waals surface area (Å²) in [7, 11) is 0. The first-order valence-electron chi connectivity index (χ1n) is 5.27. The third-order valence-electron chi connectivity index (χ3n) is 2.15. The fourth-order valence-corrected chi connectivity index (χ4v) is 1.78. The van der Waals surface area contributed by atoms with Crippen LogP contribution in [0.5, 0.6) is 0 Å². The van der Waals surface area contributed by atoms with E-state index in [1.807, 2.05) is 30.5 Å². The molecule has 17 heavy (non-hydrogen) atoms. The second-order valence-corrected chi connectivity index (χ2v) is 4.41. The van der Waals surface area contributed by atoms with Crippen LogP contribution < -0.4 is 5.32 Å². The molecule has 0 heterocycles. The molecule has 0 atom stereocenters. The van der Waals surface area contributed by atoms with Gasteiger partial charge >= 0.3 is 5.97 Å². The van der Waals surface area contributed by atoms with E-state index in [2.05, 4.69) is 5.32 Å². The summed E-state index contributed by atoms with van der Waals surface area (Å²) in [6, 6.07) is 7.54. The normalized spacial score (nSPS) is 9.94. The number of hydrogen-bond donors (Lipinski definition) is 2. The van der Waals surface area contributed by atoms with Crippen LogP contribution in [0.1, 0.15) is 19.3 Å². The van der Waals surface area contributed by atoms with E-state index in [1.165, 1.54) is 0 Å². The SMILES string of the molecule is CSc1cccc(NC(=O)CCCC(=O)O)c1. The summed E-state index contributed by atoms with van der Waals surface area (Å²) in [6.45, 7) is 0. The number of aliphatic carboxylic acids is 1. The molecule has 0 radical (unpaired) electrons. The third kappa shape index (κ3) is 5.40. The molecule has 1 amide bonds. The Morgan fingerprint density at radius 1 is 1.35 bits per heavy atom. The molecule has 0 spiro atoms. The summed E-state index contributed by atoms with van der Waals surface area (Å²) < 4.78 is 0. The van der Waals surface area contributed by atoms with Crippen molar-refractivity contribution in [2.24, 2.45) is 0 Å². The highest BCUT2D eigenvalue weighted by Crippen LogP contribution is 2.19. The van der Waals surface area contributed by atoms with Gasteiger partial charge in [0.25, 0.3) is 0 Å². The number of carboxylic acids is 1. The van der Waals surface area contributed by atoms with Gasteiger partial charge in [-0.3, -0.25) is 9.59 Å². The van der Waals surface area contributed by atoms with Gasteiger partial charge in [-0.2, -0.15) is 0 Å². The summed E-state index contributed by atoms with van der Waals surface area (Å²) >= 11 is 1.60. The number of rotatable bonds is 6. The van der Waals surface area contributed by atoms with Crippen molar-refractivity contribution in [2.45, 2.75) is 24.2 Å². The second-order valence-electron chi connectivity index (χ2n) is 3.53. The van der Waals surface area contributed by atoms with Crippen molar-refractivity contribution in [2.75, 3.05) is 11.6 Å². The number of carboxylic acid groups (broad SMARTS) is 1. The Hall–Kier alpha value is -1.49. The number of hydrogen-bond acceptors (Lipinski definition) is 3. The summed E-state index contributed by atoms with van der Waals surface area (Å²) in [5.74, 6) is -1.02. The highest BCUT2D eigenvalue weighted by Gasteiger charge is 2.04. The lowest BCUT2D eigenvalue weighted by molar-refractivity contribution is -0.137. The minimum atomic E-state index is -0.873. The number of amides is 1. The molecule has 5 heteroatoms. The Balaban J connectivity index is 2.42. The zero-order chi connectivity index (χ0) is 12.7. The van der Waals surface area contributed by atoms with Crippen LogP contribution in [0.3, 0.4) is 0 Å². The number of anilines is 1. The molecule has 0 bridgehead atoms. The van der Waals surface area contributed by atoms with Crippen molar-refractivity contribution in [3.63, 3.8) is 0 Å². The molecule has 4 nitrogen and oxygen atoms in total. The van der Waals surface area contributed by atoms with Gasteiger partial charge in [0.1, 0.15) is 0 Å². The lowest BCUT2D eigenvalue weighted by Crippen LogP contribution is -2.11. The first-order valence-corrected chi connectivity index (χ1v) is 6.50. The molecule has 0 saturated carbocycles. The van der Waals surface area contributed by atoms with Gasteiger partial charge in [-0.15, -0.1) is 11.8 Å². The van der Waals surface area contributed by atoms with Crippen LogP contribution in [0, 0.1) is 0 Å². The van der Waals surface area contributed by atoms with Crippen LogP contribution >= 0.6 is 11.8 Å². The van der Waals surface area contributed by atoms with Crippen molar-refractivity contribution in [1.29, 1.82) is 0 Å². The maximum Gasteiger partial charge on any atom is 0.303 e. The fraction of sp³-hybridized carbons (Fsp3) is 0.333. The molecule has 0 aromatic heterocycles. The number of thioether (sulfide) groups is 1. The Kier molecular flexibility index (Phi) is 5.56. The van der Waals surface area contributed by atoms with Crippen molar-refractivity contribution >= 4 is 29.3 Å². The van der Waals surface area contributed by atoms with Gasteiger partial charge in [0, 0.05) is 23.4 Å². The number of carbonyl (C=O) groups excluding carboxylic acids is 1. The van der Waals surface area contributed by atoms with E-state index in [-0.39, 0.29) is 18.7 Å². The van der Waals surface area contributed by atoms with Crippen LogP contribution in [0.25, 0.3) is 0 Å². The van der Waals surface area contributed by atoms with Crippen molar-refractivity contribution in [3.05, 3.63) is 24.3 Å². The van der Waals surface area contributed by atoms with Crippen LogP contribution in [0.15, 0.2) is 29.2 Å². The van der Waals surface area contributed by atoms with Gasteiger partial charge in [0.15, 0.2) is 0 Å². The highest BCUT2D eigenvalue weighted by atomic mass is 32.2. The lowest BCUT2D eigenvalue weighted by atomic mass is 10.2. The van der Waals surface area contributed by atoms with Crippen molar-refractivity contribution < 1.29 is 14.7 Å². The zero-order valence-corrected chi connectivity index (χ0v) is 10.4. The Morgan fingerprint density at radius 3 is 2.76 bits per heavy atom. The minimum absolute atomic E-state index is 0.0261. The van der Waals surface area contributed by atoms with E-state index in [4.69, 9.17) is 5.11 Å². The van der Waals surface area contributed by atoms with Crippen molar-refractivity contribution in [1.82, 2.24) is 0 Å². The topological polar surface area (TPSA) is 66.4 Å².